The fourth-order valence-corrected chi connectivity index (χ4v) is 4.25. The van der Waals surface area contributed by atoms with Crippen LogP contribution in [0.5, 0.6) is 0 Å². The number of aliphatic hydroxyl groups is 1. The van der Waals surface area contributed by atoms with E-state index in [-0.39, 0.29) is 18.0 Å². The smallest absolute Gasteiger partial charge is 0.250 e. The molecule has 6 nitrogen and oxygen atoms in total. The SMILES string of the molecule is CCOSOCc1ccc2c(c1)-c1cn(C)c(=O)cc1[C@H](CCO)N=C2c1ccc(F)cc1. The van der Waals surface area contributed by atoms with Gasteiger partial charge in [0.1, 0.15) is 5.82 Å². The summed E-state index contributed by atoms with van der Waals surface area (Å²) in [4.78, 5) is 17.5. The summed E-state index contributed by atoms with van der Waals surface area (Å²) in [6.07, 6.45) is 2.17. The lowest BCUT2D eigenvalue weighted by atomic mass is 9.90. The van der Waals surface area contributed by atoms with Crippen LogP contribution < -0.4 is 5.56 Å². The molecule has 1 aliphatic heterocycles. The van der Waals surface area contributed by atoms with Gasteiger partial charge in [-0.3, -0.25) is 18.2 Å². The molecule has 33 heavy (non-hydrogen) atoms. The highest BCUT2D eigenvalue weighted by Crippen LogP contribution is 2.38. The molecule has 1 aliphatic rings. The standard InChI is InChI=1S/C25H25FN2O4S/c1-3-31-33-32-15-16-4-9-19-20(12-16)22-14-28(2)24(30)13-21(22)23(10-11-29)27-25(19)17-5-7-18(26)8-6-17/h4-9,12-14,23,29H,3,10-11,15H2,1-2H3/t23-/m0/s1. The number of aromatic nitrogens is 1. The number of aryl methyl sites for hydroxylation is 1. The number of halogens is 1. The van der Waals surface area contributed by atoms with E-state index in [0.717, 1.165) is 45.7 Å². The van der Waals surface area contributed by atoms with E-state index in [2.05, 4.69) is 0 Å². The van der Waals surface area contributed by atoms with Crippen LogP contribution in [-0.2, 0) is 22.0 Å². The molecule has 1 aromatic heterocycles. The van der Waals surface area contributed by atoms with Crippen LogP contribution in [0, 0.1) is 5.82 Å². The largest absolute Gasteiger partial charge is 0.396 e. The molecule has 3 aromatic rings. The lowest BCUT2D eigenvalue weighted by Crippen LogP contribution is -2.17. The average Bonchev–Trinajstić information content (AvgIpc) is 2.93. The average molecular weight is 469 g/mol. The molecule has 4 rings (SSSR count). The molecule has 0 saturated heterocycles. The van der Waals surface area contributed by atoms with Crippen molar-refractivity contribution in [2.45, 2.75) is 26.0 Å². The first-order chi connectivity index (χ1) is 16.0. The van der Waals surface area contributed by atoms with Gasteiger partial charge in [0, 0.05) is 42.6 Å². The van der Waals surface area contributed by atoms with Crippen molar-refractivity contribution >= 4 is 18.0 Å². The Morgan fingerprint density at radius 2 is 1.88 bits per heavy atom. The Bertz CT molecular complexity index is 1220. The molecule has 2 heterocycles. The van der Waals surface area contributed by atoms with Crippen molar-refractivity contribution in [2.75, 3.05) is 13.2 Å². The van der Waals surface area contributed by atoms with Gasteiger partial charge >= 0.3 is 0 Å². The van der Waals surface area contributed by atoms with Crippen molar-refractivity contribution in [3.8, 4) is 11.1 Å². The van der Waals surface area contributed by atoms with Crippen LogP contribution in [0.25, 0.3) is 11.1 Å². The van der Waals surface area contributed by atoms with Gasteiger partial charge in [0.05, 0.1) is 25.0 Å². The predicted octanol–water partition coefficient (Wildman–Crippen LogP) is 4.58. The van der Waals surface area contributed by atoms with Crippen LogP contribution in [0.2, 0.25) is 0 Å². The van der Waals surface area contributed by atoms with Crippen LogP contribution >= 0.6 is 12.3 Å². The number of fused-ring (bicyclic) bond motifs is 3. The molecule has 8 heteroatoms. The number of hydrogen-bond donors (Lipinski definition) is 1. The third kappa shape index (κ3) is 5.09. The number of aliphatic imine (C=N–C) groups is 1. The summed E-state index contributed by atoms with van der Waals surface area (Å²) in [6, 6.07) is 13.3. The normalized spacial score (nSPS) is 14.9. The molecule has 0 unspecified atom stereocenters. The number of rotatable bonds is 8. The van der Waals surface area contributed by atoms with Gasteiger partial charge < -0.3 is 9.67 Å². The highest BCUT2D eigenvalue weighted by Gasteiger charge is 2.26. The summed E-state index contributed by atoms with van der Waals surface area (Å²) in [7, 11) is 1.71. The minimum Gasteiger partial charge on any atom is -0.396 e. The van der Waals surface area contributed by atoms with Crippen molar-refractivity contribution in [3.05, 3.63) is 93.2 Å². The van der Waals surface area contributed by atoms with Crippen molar-refractivity contribution in [1.82, 2.24) is 4.57 Å². The summed E-state index contributed by atoms with van der Waals surface area (Å²) >= 11 is 0.953. The van der Waals surface area contributed by atoms with E-state index >= 15 is 0 Å². The zero-order valence-corrected chi connectivity index (χ0v) is 19.3. The first-order valence-corrected chi connectivity index (χ1v) is 11.4. The van der Waals surface area contributed by atoms with Crippen LogP contribution in [0.1, 0.15) is 41.6 Å². The third-order valence-corrected chi connectivity index (χ3v) is 6.04. The molecule has 0 bridgehead atoms. The number of pyridine rings is 1. The number of nitrogens with zero attached hydrogens (tertiary/aromatic N) is 2. The fraction of sp³-hybridized carbons (Fsp3) is 0.280. The lowest BCUT2D eigenvalue weighted by Gasteiger charge is -2.16. The lowest BCUT2D eigenvalue weighted by molar-refractivity contribution is 0.277. The highest BCUT2D eigenvalue weighted by molar-refractivity contribution is 7.89. The number of benzene rings is 2. The number of hydrogen-bond acceptors (Lipinski definition) is 6. The first kappa shape index (κ1) is 23.4. The van der Waals surface area contributed by atoms with E-state index in [1.807, 2.05) is 31.3 Å². The Labute approximate surface area is 196 Å². The van der Waals surface area contributed by atoms with Gasteiger partial charge in [-0.25, -0.2) is 4.39 Å². The second kappa shape index (κ2) is 10.4. The van der Waals surface area contributed by atoms with Crippen LogP contribution in [0.4, 0.5) is 4.39 Å². The summed E-state index contributed by atoms with van der Waals surface area (Å²) in [5.74, 6) is -0.328. The second-order valence-corrected chi connectivity index (χ2v) is 8.33. The van der Waals surface area contributed by atoms with Gasteiger partial charge in [0.25, 0.3) is 5.56 Å². The Morgan fingerprint density at radius 1 is 1.09 bits per heavy atom. The molecule has 172 valence electrons. The van der Waals surface area contributed by atoms with Crippen LogP contribution in [0.3, 0.4) is 0 Å². The first-order valence-electron chi connectivity index (χ1n) is 10.7. The minimum absolute atomic E-state index is 0.0798. The van der Waals surface area contributed by atoms with Crippen molar-refractivity contribution in [3.63, 3.8) is 0 Å². The molecule has 0 saturated carbocycles. The van der Waals surface area contributed by atoms with E-state index < -0.39 is 6.04 Å². The Kier molecular flexibility index (Phi) is 7.39. The zero-order chi connectivity index (χ0) is 23.4. The van der Waals surface area contributed by atoms with Crippen LogP contribution in [0.15, 0.2) is 64.5 Å². The van der Waals surface area contributed by atoms with Crippen LogP contribution in [-0.4, -0.2) is 28.6 Å². The van der Waals surface area contributed by atoms with Gasteiger partial charge in [-0.05, 0) is 60.4 Å². The van der Waals surface area contributed by atoms with Crippen molar-refractivity contribution < 1.29 is 17.9 Å². The topological polar surface area (TPSA) is 73.0 Å². The van der Waals surface area contributed by atoms with Gasteiger partial charge in [0.2, 0.25) is 0 Å². The summed E-state index contributed by atoms with van der Waals surface area (Å²) in [5, 5.41) is 9.72. The third-order valence-electron chi connectivity index (χ3n) is 5.49. The molecule has 0 spiro atoms. The molecule has 0 aliphatic carbocycles. The predicted molar refractivity (Wildman–Crippen MR) is 128 cm³/mol. The van der Waals surface area contributed by atoms with Crippen molar-refractivity contribution in [2.24, 2.45) is 12.0 Å². The Balaban J connectivity index is 1.90. The van der Waals surface area contributed by atoms with Gasteiger partial charge in [-0.1, -0.05) is 12.1 Å². The molecule has 1 atom stereocenters. The van der Waals surface area contributed by atoms with Crippen molar-refractivity contribution in [1.29, 1.82) is 0 Å². The maximum atomic E-state index is 13.6. The quantitative estimate of drug-likeness (QED) is 0.387. The van der Waals surface area contributed by atoms with E-state index in [1.54, 1.807) is 25.2 Å². The van der Waals surface area contributed by atoms with Gasteiger partial charge in [-0.15, -0.1) is 0 Å². The molecular weight excluding hydrogens is 443 g/mol. The second-order valence-electron chi connectivity index (χ2n) is 7.72. The maximum Gasteiger partial charge on any atom is 0.250 e. The fourth-order valence-electron chi connectivity index (χ4n) is 3.90. The zero-order valence-electron chi connectivity index (χ0n) is 18.5. The minimum atomic E-state index is -0.417. The molecular formula is C25H25FN2O4S. The molecule has 1 N–H and O–H groups in total. The summed E-state index contributed by atoms with van der Waals surface area (Å²) in [5.41, 5.74) is 5.61. The van der Waals surface area contributed by atoms with E-state index in [0.29, 0.717) is 25.3 Å². The number of aliphatic hydroxyl groups excluding tert-OH is 1. The summed E-state index contributed by atoms with van der Waals surface area (Å²) in [6.45, 7) is 2.69. The van der Waals surface area contributed by atoms with E-state index in [9.17, 15) is 14.3 Å². The maximum absolute atomic E-state index is 13.6. The summed E-state index contributed by atoms with van der Waals surface area (Å²) < 4.78 is 25.9. The Morgan fingerprint density at radius 3 is 2.61 bits per heavy atom. The van der Waals surface area contributed by atoms with E-state index in [4.69, 9.17) is 13.4 Å². The molecule has 0 fully saturated rings. The molecule has 2 aromatic carbocycles. The monoisotopic (exact) mass is 468 g/mol. The van der Waals surface area contributed by atoms with Gasteiger partial charge in [-0.2, -0.15) is 0 Å². The highest BCUT2D eigenvalue weighted by atomic mass is 32.2. The van der Waals surface area contributed by atoms with E-state index in [1.165, 1.54) is 16.7 Å². The molecule has 0 radical (unpaired) electrons. The van der Waals surface area contributed by atoms with Gasteiger partial charge in [0.15, 0.2) is 12.3 Å². The molecule has 0 amide bonds. The Hall–Kier alpha value is -2.78.